The number of imidazole rings is 1. The van der Waals surface area contributed by atoms with Crippen LogP contribution in [0.1, 0.15) is 66.1 Å². The summed E-state index contributed by atoms with van der Waals surface area (Å²) >= 11 is 0. The van der Waals surface area contributed by atoms with Crippen molar-refractivity contribution in [3.63, 3.8) is 0 Å². The van der Waals surface area contributed by atoms with E-state index in [1.165, 1.54) is 12.8 Å². The van der Waals surface area contributed by atoms with Crippen molar-refractivity contribution in [1.82, 2.24) is 24.2 Å². The molecule has 1 saturated carbocycles. The Labute approximate surface area is 155 Å². The molecule has 3 heterocycles. The molecule has 2 aromatic heterocycles. The number of likely N-dealkylation sites (tertiary alicyclic amines) is 1. The Morgan fingerprint density at radius 2 is 2.08 bits per heavy atom. The number of hydrogen-bond acceptors (Lipinski definition) is 3. The molecule has 1 atom stereocenters. The molecule has 0 spiro atoms. The molecule has 0 N–H and O–H groups in total. The second-order valence-electron chi connectivity index (χ2n) is 7.83. The van der Waals surface area contributed by atoms with Gasteiger partial charge < -0.3 is 9.47 Å². The minimum Gasteiger partial charge on any atom is -0.338 e. The molecule has 0 aromatic carbocycles. The predicted molar refractivity (Wildman–Crippen MR) is 100 cm³/mol. The first-order valence-corrected chi connectivity index (χ1v) is 9.92. The highest BCUT2D eigenvalue weighted by atomic mass is 16.2. The fourth-order valence-corrected chi connectivity index (χ4v) is 4.26. The van der Waals surface area contributed by atoms with Crippen LogP contribution in [0.2, 0.25) is 0 Å². The number of aryl methyl sites for hydroxylation is 2. The molecular formula is C20H29N5O. The van der Waals surface area contributed by atoms with Crippen molar-refractivity contribution in [2.75, 3.05) is 13.1 Å². The van der Waals surface area contributed by atoms with Gasteiger partial charge in [-0.2, -0.15) is 5.10 Å². The quantitative estimate of drug-likeness (QED) is 0.828. The maximum absolute atomic E-state index is 13.2. The summed E-state index contributed by atoms with van der Waals surface area (Å²) in [6.45, 7) is 9.47. The second-order valence-corrected chi connectivity index (χ2v) is 7.83. The van der Waals surface area contributed by atoms with E-state index in [-0.39, 0.29) is 5.91 Å². The molecule has 1 amide bonds. The molecule has 0 bridgehead atoms. The maximum atomic E-state index is 13.2. The lowest BCUT2D eigenvalue weighted by Gasteiger charge is -2.33. The fourth-order valence-electron chi connectivity index (χ4n) is 4.26. The Morgan fingerprint density at radius 1 is 1.27 bits per heavy atom. The third-order valence-corrected chi connectivity index (χ3v) is 5.87. The van der Waals surface area contributed by atoms with Gasteiger partial charge in [0.1, 0.15) is 5.82 Å². The normalized spacial score (nSPS) is 20.6. The number of nitrogens with zero attached hydrogens (tertiary/aromatic N) is 5. The van der Waals surface area contributed by atoms with Gasteiger partial charge in [-0.3, -0.25) is 9.48 Å². The molecule has 0 unspecified atom stereocenters. The zero-order valence-electron chi connectivity index (χ0n) is 16.1. The maximum Gasteiger partial charge on any atom is 0.257 e. The van der Waals surface area contributed by atoms with E-state index in [2.05, 4.69) is 27.8 Å². The SMILES string of the molecule is CCn1nc(C)c(C(=O)N2CCC[C@H](c3nccn3CC3CC3)C2)c1C. The van der Waals surface area contributed by atoms with Crippen LogP contribution in [-0.2, 0) is 13.1 Å². The monoisotopic (exact) mass is 355 g/mol. The first-order chi connectivity index (χ1) is 12.6. The molecule has 26 heavy (non-hydrogen) atoms. The van der Waals surface area contributed by atoms with E-state index in [0.29, 0.717) is 5.92 Å². The minimum atomic E-state index is 0.129. The molecule has 140 valence electrons. The summed E-state index contributed by atoms with van der Waals surface area (Å²) in [6.07, 6.45) is 8.84. The van der Waals surface area contributed by atoms with E-state index in [1.54, 1.807) is 0 Å². The molecule has 4 rings (SSSR count). The molecule has 6 heteroatoms. The number of aromatic nitrogens is 4. The topological polar surface area (TPSA) is 56.0 Å². The summed E-state index contributed by atoms with van der Waals surface area (Å²) in [4.78, 5) is 19.9. The van der Waals surface area contributed by atoms with E-state index in [9.17, 15) is 4.79 Å². The number of carbonyl (C=O) groups is 1. The van der Waals surface area contributed by atoms with Gasteiger partial charge in [-0.1, -0.05) is 0 Å². The van der Waals surface area contributed by atoms with Crippen molar-refractivity contribution < 1.29 is 4.79 Å². The van der Waals surface area contributed by atoms with E-state index in [1.807, 2.05) is 29.6 Å². The molecule has 1 aliphatic heterocycles. The summed E-state index contributed by atoms with van der Waals surface area (Å²) < 4.78 is 4.24. The smallest absolute Gasteiger partial charge is 0.257 e. The van der Waals surface area contributed by atoms with Crippen LogP contribution in [-0.4, -0.2) is 43.2 Å². The Bertz CT molecular complexity index is 801. The Balaban J connectivity index is 1.53. The third kappa shape index (κ3) is 3.17. The minimum absolute atomic E-state index is 0.129. The second kappa shape index (κ2) is 6.89. The van der Waals surface area contributed by atoms with Crippen LogP contribution in [0.3, 0.4) is 0 Å². The van der Waals surface area contributed by atoms with Crippen LogP contribution in [0.4, 0.5) is 0 Å². The lowest BCUT2D eigenvalue weighted by molar-refractivity contribution is 0.0701. The van der Waals surface area contributed by atoms with Crippen LogP contribution < -0.4 is 0 Å². The number of amides is 1. The Hall–Kier alpha value is -2.11. The van der Waals surface area contributed by atoms with Crippen molar-refractivity contribution in [1.29, 1.82) is 0 Å². The van der Waals surface area contributed by atoms with Gasteiger partial charge in [-0.05, 0) is 52.4 Å². The highest BCUT2D eigenvalue weighted by Gasteiger charge is 2.31. The summed E-state index contributed by atoms with van der Waals surface area (Å²) in [5.41, 5.74) is 2.60. The van der Waals surface area contributed by atoms with Crippen molar-refractivity contribution in [3.05, 3.63) is 35.2 Å². The molecular weight excluding hydrogens is 326 g/mol. The molecule has 0 radical (unpaired) electrons. The van der Waals surface area contributed by atoms with Crippen molar-refractivity contribution in [2.24, 2.45) is 5.92 Å². The van der Waals surface area contributed by atoms with Crippen molar-refractivity contribution >= 4 is 5.91 Å². The lowest BCUT2D eigenvalue weighted by Crippen LogP contribution is -2.40. The number of carbonyl (C=O) groups excluding carboxylic acids is 1. The van der Waals surface area contributed by atoms with E-state index >= 15 is 0 Å². The Kier molecular flexibility index (Phi) is 4.59. The number of rotatable bonds is 5. The van der Waals surface area contributed by atoms with Gasteiger partial charge in [0.15, 0.2) is 0 Å². The van der Waals surface area contributed by atoms with Crippen LogP contribution in [0, 0.1) is 19.8 Å². The molecule has 2 aliphatic rings. The van der Waals surface area contributed by atoms with Gasteiger partial charge in [0.25, 0.3) is 5.91 Å². The largest absolute Gasteiger partial charge is 0.338 e. The highest BCUT2D eigenvalue weighted by Crippen LogP contribution is 2.33. The summed E-state index contributed by atoms with van der Waals surface area (Å²) in [5, 5.41) is 4.52. The van der Waals surface area contributed by atoms with Crippen molar-refractivity contribution in [3.8, 4) is 0 Å². The summed E-state index contributed by atoms with van der Waals surface area (Å²) in [6, 6.07) is 0. The molecule has 6 nitrogen and oxygen atoms in total. The van der Waals surface area contributed by atoms with E-state index < -0.39 is 0 Å². The van der Waals surface area contributed by atoms with Gasteiger partial charge in [-0.25, -0.2) is 4.98 Å². The average molecular weight is 355 g/mol. The molecule has 2 aromatic rings. The zero-order valence-corrected chi connectivity index (χ0v) is 16.1. The van der Waals surface area contributed by atoms with Crippen LogP contribution in [0.5, 0.6) is 0 Å². The van der Waals surface area contributed by atoms with Crippen molar-refractivity contribution in [2.45, 2.75) is 65.5 Å². The Morgan fingerprint density at radius 3 is 2.77 bits per heavy atom. The first-order valence-electron chi connectivity index (χ1n) is 9.92. The molecule has 1 aliphatic carbocycles. The fraction of sp³-hybridized carbons (Fsp3) is 0.650. The van der Waals surface area contributed by atoms with Gasteiger partial charge >= 0.3 is 0 Å². The average Bonchev–Trinajstić information content (AvgIpc) is 3.25. The molecule has 2 fully saturated rings. The predicted octanol–water partition coefficient (Wildman–Crippen LogP) is 3.15. The van der Waals surface area contributed by atoms with Crippen LogP contribution in [0.15, 0.2) is 12.4 Å². The lowest BCUT2D eigenvalue weighted by atomic mass is 9.96. The first kappa shape index (κ1) is 17.3. The summed E-state index contributed by atoms with van der Waals surface area (Å²) in [7, 11) is 0. The summed E-state index contributed by atoms with van der Waals surface area (Å²) in [5.74, 6) is 2.45. The van der Waals surface area contributed by atoms with Gasteiger partial charge in [-0.15, -0.1) is 0 Å². The third-order valence-electron chi connectivity index (χ3n) is 5.87. The zero-order chi connectivity index (χ0) is 18.3. The van der Waals surface area contributed by atoms with E-state index in [0.717, 1.165) is 67.7 Å². The standard InChI is InChI=1S/C20H29N5O/c1-4-25-15(3)18(14(2)22-25)20(26)24-10-5-6-17(13-24)19-21-9-11-23(19)12-16-7-8-16/h9,11,16-17H,4-8,10,12-13H2,1-3H3/t17-/m0/s1. The van der Waals surface area contributed by atoms with Crippen LogP contribution >= 0.6 is 0 Å². The van der Waals surface area contributed by atoms with Gasteiger partial charge in [0.2, 0.25) is 0 Å². The number of piperidine rings is 1. The molecule has 1 saturated heterocycles. The van der Waals surface area contributed by atoms with Crippen LogP contribution in [0.25, 0.3) is 0 Å². The number of hydrogen-bond donors (Lipinski definition) is 0. The van der Waals surface area contributed by atoms with Gasteiger partial charge in [0, 0.05) is 50.2 Å². The van der Waals surface area contributed by atoms with E-state index in [4.69, 9.17) is 0 Å². The van der Waals surface area contributed by atoms with Gasteiger partial charge in [0.05, 0.1) is 11.3 Å². The highest BCUT2D eigenvalue weighted by molar-refractivity contribution is 5.96.